The molecule has 0 bridgehead atoms. The van der Waals surface area contributed by atoms with Gasteiger partial charge in [-0.05, 0) is 50.7 Å². The van der Waals surface area contributed by atoms with Crippen LogP contribution in [0.1, 0.15) is 24.8 Å². The summed E-state index contributed by atoms with van der Waals surface area (Å²) in [7, 11) is 1.95. The summed E-state index contributed by atoms with van der Waals surface area (Å²) in [4.78, 5) is 4.87. The van der Waals surface area contributed by atoms with Crippen LogP contribution >= 0.6 is 0 Å². The van der Waals surface area contributed by atoms with Crippen molar-refractivity contribution in [1.82, 2.24) is 10.2 Å². The molecule has 0 radical (unpaired) electrons. The Morgan fingerprint density at radius 3 is 2.53 bits per heavy atom. The molecule has 5 nitrogen and oxygen atoms in total. The maximum absolute atomic E-state index is 14.4. The summed E-state index contributed by atoms with van der Waals surface area (Å²) in [5.74, 6) is 1.76. The highest BCUT2D eigenvalue weighted by molar-refractivity contribution is 5.65. The molecule has 0 saturated carbocycles. The van der Waals surface area contributed by atoms with Crippen molar-refractivity contribution in [3.8, 4) is 11.5 Å². The first-order chi connectivity index (χ1) is 14.7. The molecular weight excluding hydrogens is 381 g/mol. The summed E-state index contributed by atoms with van der Waals surface area (Å²) in [5, 5.41) is 3.32. The second-order valence-electron chi connectivity index (χ2n) is 8.12. The highest BCUT2D eigenvalue weighted by Gasteiger charge is 2.26. The predicted octanol–water partition coefficient (Wildman–Crippen LogP) is 3.50. The fraction of sp³-hybridized carbons (Fsp3) is 0.500. The highest BCUT2D eigenvalue weighted by Crippen LogP contribution is 2.39. The van der Waals surface area contributed by atoms with E-state index in [4.69, 9.17) is 9.47 Å². The van der Waals surface area contributed by atoms with Crippen molar-refractivity contribution >= 4 is 5.69 Å². The summed E-state index contributed by atoms with van der Waals surface area (Å²) in [6.07, 6.45) is 0.931. The number of para-hydroxylation sites is 1. The second-order valence-corrected chi connectivity index (χ2v) is 8.12. The number of nitrogens with zero attached hydrogens (tertiary/aromatic N) is 2. The van der Waals surface area contributed by atoms with E-state index in [1.807, 2.05) is 31.3 Å². The fourth-order valence-electron chi connectivity index (χ4n) is 4.49. The van der Waals surface area contributed by atoms with Crippen LogP contribution in [0.5, 0.6) is 11.5 Å². The van der Waals surface area contributed by atoms with Gasteiger partial charge in [-0.3, -0.25) is 4.90 Å². The average molecular weight is 414 g/mol. The van der Waals surface area contributed by atoms with E-state index in [1.165, 1.54) is 0 Å². The Morgan fingerprint density at radius 2 is 1.77 bits per heavy atom. The number of halogens is 1. The lowest BCUT2D eigenvalue weighted by molar-refractivity contribution is 0.171. The molecule has 0 spiro atoms. The number of hydrogen-bond acceptors (Lipinski definition) is 5. The van der Waals surface area contributed by atoms with Crippen LogP contribution in [0.4, 0.5) is 10.1 Å². The number of fused-ring (bicyclic) bond motifs is 1. The van der Waals surface area contributed by atoms with Gasteiger partial charge in [0.25, 0.3) is 0 Å². The van der Waals surface area contributed by atoms with Gasteiger partial charge < -0.3 is 19.7 Å². The van der Waals surface area contributed by atoms with Crippen LogP contribution in [-0.2, 0) is 0 Å². The van der Waals surface area contributed by atoms with Crippen LogP contribution in [0.3, 0.4) is 0 Å². The largest absolute Gasteiger partial charge is 0.486 e. The zero-order valence-corrected chi connectivity index (χ0v) is 17.9. The molecule has 2 aromatic rings. The van der Waals surface area contributed by atoms with Gasteiger partial charge in [-0.15, -0.1) is 0 Å². The van der Waals surface area contributed by atoms with E-state index in [-0.39, 0.29) is 17.8 Å². The van der Waals surface area contributed by atoms with Gasteiger partial charge in [0.1, 0.15) is 19.0 Å². The second kappa shape index (κ2) is 9.67. The number of hydrogen-bond donors (Lipinski definition) is 1. The minimum Gasteiger partial charge on any atom is -0.486 e. The van der Waals surface area contributed by atoms with E-state index in [0.717, 1.165) is 61.9 Å². The van der Waals surface area contributed by atoms with E-state index in [0.29, 0.717) is 13.2 Å². The van der Waals surface area contributed by atoms with E-state index < -0.39 is 0 Å². The third-order valence-corrected chi connectivity index (χ3v) is 6.38. The van der Waals surface area contributed by atoms with Crippen molar-refractivity contribution in [2.75, 3.05) is 57.9 Å². The van der Waals surface area contributed by atoms with E-state index >= 15 is 0 Å². The van der Waals surface area contributed by atoms with Crippen molar-refractivity contribution in [1.29, 1.82) is 0 Å². The number of piperazine rings is 1. The first-order valence-corrected chi connectivity index (χ1v) is 10.9. The van der Waals surface area contributed by atoms with Gasteiger partial charge in [0, 0.05) is 38.1 Å². The van der Waals surface area contributed by atoms with Crippen molar-refractivity contribution in [2.45, 2.75) is 25.3 Å². The van der Waals surface area contributed by atoms with Crippen LogP contribution in [0, 0.1) is 5.82 Å². The van der Waals surface area contributed by atoms with Crippen molar-refractivity contribution < 1.29 is 13.9 Å². The van der Waals surface area contributed by atoms with Crippen LogP contribution in [0.25, 0.3) is 0 Å². The number of benzene rings is 2. The lowest BCUT2D eigenvalue weighted by Crippen LogP contribution is -2.47. The Kier molecular flexibility index (Phi) is 6.75. The molecule has 2 aromatic carbocycles. The van der Waals surface area contributed by atoms with Gasteiger partial charge in [-0.1, -0.05) is 24.3 Å². The van der Waals surface area contributed by atoms with Gasteiger partial charge >= 0.3 is 0 Å². The lowest BCUT2D eigenvalue weighted by atomic mass is 9.88. The molecule has 2 aliphatic rings. The maximum atomic E-state index is 14.4. The monoisotopic (exact) mass is 413 g/mol. The molecule has 4 rings (SSSR count). The number of nitrogens with one attached hydrogen (secondary N) is 1. The standard InChI is InChI=1S/C24H32FN3O2/c1-18(26-2)19(20-6-3-4-7-21(20)25)10-11-27-12-14-28(15-13-27)22-8-5-9-23-24(22)30-17-16-29-23/h3-9,18-19,26H,10-17H2,1-2H3. The minimum absolute atomic E-state index is 0.106. The summed E-state index contributed by atoms with van der Waals surface area (Å²) in [5.41, 5.74) is 1.94. The molecule has 30 heavy (non-hydrogen) atoms. The van der Waals surface area contributed by atoms with Crippen LogP contribution < -0.4 is 19.7 Å². The Bertz CT molecular complexity index is 839. The van der Waals surface area contributed by atoms with Crippen LogP contribution in [0.15, 0.2) is 42.5 Å². The summed E-state index contributed by atoms with van der Waals surface area (Å²) >= 11 is 0. The molecule has 2 atom stereocenters. The molecule has 1 fully saturated rings. The zero-order valence-electron chi connectivity index (χ0n) is 17.9. The molecule has 2 heterocycles. The Hall–Kier alpha value is -2.31. The topological polar surface area (TPSA) is 37.0 Å². The summed E-state index contributed by atoms with van der Waals surface area (Å²) in [6.45, 7) is 8.19. The van der Waals surface area contributed by atoms with Gasteiger partial charge in [-0.2, -0.15) is 0 Å². The first kappa shape index (κ1) is 20.9. The Morgan fingerprint density at radius 1 is 1.00 bits per heavy atom. The molecular formula is C24H32FN3O2. The normalized spacial score (nSPS) is 18.8. The van der Waals surface area contributed by atoms with E-state index in [2.05, 4.69) is 28.1 Å². The Labute approximate surface area is 178 Å². The van der Waals surface area contributed by atoms with Crippen molar-refractivity contribution in [3.05, 3.63) is 53.8 Å². The fourth-order valence-corrected chi connectivity index (χ4v) is 4.49. The predicted molar refractivity (Wildman–Crippen MR) is 118 cm³/mol. The zero-order chi connectivity index (χ0) is 20.9. The molecule has 0 aromatic heterocycles. The van der Waals surface area contributed by atoms with Gasteiger partial charge in [0.05, 0.1) is 5.69 Å². The van der Waals surface area contributed by atoms with Crippen molar-refractivity contribution in [2.24, 2.45) is 0 Å². The SMILES string of the molecule is CNC(C)C(CCN1CCN(c2cccc3c2OCCO3)CC1)c1ccccc1F. The highest BCUT2D eigenvalue weighted by atomic mass is 19.1. The first-order valence-electron chi connectivity index (χ1n) is 10.9. The maximum Gasteiger partial charge on any atom is 0.184 e. The minimum atomic E-state index is -0.106. The molecule has 0 amide bonds. The average Bonchev–Trinajstić information content (AvgIpc) is 2.80. The summed E-state index contributed by atoms with van der Waals surface area (Å²) < 4.78 is 26.0. The molecule has 0 aliphatic carbocycles. The quantitative estimate of drug-likeness (QED) is 0.752. The lowest BCUT2D eigenvalue weighted by Gasteiger charge is -2.38. The molecule has 1 N–H and O–H groups in total. The van der Waals surface area contributed by atoms with Gasteiger partial charge in [-0.25, -0.2) is 4.39 Å². The number of ether oxygens (including phenoxy) is 2. The number of rotatable bonds is 7. The number of likely N-dealkylation sites (N-methyl/N-ethyl adjacent to an activating group) is 1. The van der Waals surface area contributed by atoms with Crippen molar-refractivity contribution in [3.63, 3.8) is 0 Å². The molecule has 6 heteroatoms. The Balaban J connectivity index is 1.36. The van der Waals surface area contributed by atoms with Gasteiger partial charge in [0.15, 0.2) is 11.5 Å². The molecule has 2 unspecified atom stereocenters. The third kappa shape index (κ3) is 4.55. The number of anilines is 1. The third-order valence-electron chi connectivity index (χ3n) is 6.38. The molecule has 2 aliphatic heterocycles. The van der Waals surface area contributed by atoms with Crippen LogP contribution in [0.2, 0.25) is 0 Å². The molecule has 162 valence electrons. The van der Waals surface area contributed by atoms with Gasteiger partial charge in [0.2, 0.25) is 0 Å². The summed E-state index contributed by atoms with van der Waals surface area (Å²) in [6, 6.07) is 13.5. The smallest absolute Gasteiger partial charge is 0.184 e. The molecule has 1 saturated heterocycles. The van der Waals surface area contributed by atoms with E-state index in [9.17, 15) is 4.39 Å². The van der Waals surface area contributed by atoms with Crippen LogP contribution in [-0.4, -0.2) is 63.9 Å². The van der Waals surface area contributed by atoms with E-state index in [1.54, 1.807) is 12.1 Å².